The molecular formula is C27H24N4O4. The topological polar surface area (TPSA) is 96.4 Å². The van der Waals surface area contributed by atoms with Gasteiger partial charge in [-0.05, 0) is 60.0 Å². The van der Waals surface area contributed by atoms with Crippen molar-refractivity contribution in [1.29, 1.82) is 0 Å². The van der Waals surface area contributed by atoms with Crippen LogP contribution in [0.15, 0.2) is 71.5 Å². The van der Waals surface area contributed by atoms with Gasteiger partial charge < -0.3 is 23.8 Å². The van der Waals surface area contributed by atoms with Crippen LogP contribution in [0.5, 0.6) is 11.5 Å². The molecule has 1 unspecified atom stereocenters. The minimum Gasteiger partial charge on any atom is -0.497 e. The van der Waals surface area contributed by atoms with Crippen molar-refractivity contribution < 1.29 is 18.7 Å². The number of furan rings is 1. The highest BCUT2D eigenvalue weighted by molar-refractivity contribution is 6.00. The minimum atomic E-state index is -0.304. The molecule has 0 aliphatic carbocycles. The fourth-order valence-electron chi connectivity index (χ4n) is 4.89. The molecule has 1 aliphatic rings. The fraction of sp³-hybridized carbons (Fsp3) is 0.185. The highest BCUT2D eigenvalue weighted by Crippen LogP contribution is 2.43. The summed E-state index contributed by atoms with van der Waals surface area (Å²) in [5, 5.41) is 8.50. The van der Waals surface area contributed by atoms with Gasteiger partial charge >= 0.3 is 0 Å². The maximum atomic E-state index is 13.6. The molecule has 8 nitrogen and oxygen atoms in total. The van der Waals surface area contributed by atoms with Crippen LogP contribution in [-0.2, 0) is 6.42 Å². The summed E-state index contributed by atoms with van der Waals surface area (Å²) >= 11 is 0. The van der Waals surface area contributed by atoms with Crippen LogP contribution in [0.3, 0.4) is 0 Å². The molecule has 0 saturated carbocycles. The van der Waals surface area contributed by atoms with Crippen LogP contribution in [0.2, 0.25) is 0 Å². The van der Waals surface area contributed by atoms with E-state index in [1.54, 1.807) is 20.5 Å². The van der Waals surface area contributed by atoms with Crippen LogP contribution < -0.4 is 9.47 Å². The molecule has 4 heterocycles. The first kappa shape index (κ1) is 21.1. The first-order valence-corrected chi connectivity index (χ1v) is 11.4. The first-order chi connectivity index (χ1) is 17.2. The molecule has 0 fully saturated rings. The van der Waals surface area contributed by atoms with Crippen molar-refractivity contribution >= 4 is 16.8 Å². The van der Waals surface area contributed by atoms with E-state index in [1.165, 1.54) is 0 Å². The van der Waals surface area contributed by atoms with Gasteiger partial charge in [-0.1, -0.05) is 12.1 Å². The van der Waals surface area contributed by atoms with E-state index in [0.717, 1.165) is 44.8 Å². The van der Waals surface area contributed by atoms with Crippen LogP contribution in [0.25, 0.3) is 22.4 Å². The van der Waals surface area contributed by atoms with Crippen molar-refractivity contribution in [3.8, 4) is 23.0 Å². The molecule has 0 radical (unpaired) electrons. The Kier molecular flexibility index (Phi) is 5.06. The SMILES string of the molecule is COc1ccc(C2c3c(n[nH]c3-c3ccco3)C(=O)N2CCc2c[nH]c3ccc(OC)cc23)cc1. The minimum absolute atomic E-state index is 0.104. The summed E-state index contributed by atoms with van der Waals surface area (Å²) < 4.78 is 16.4. The second-order valence-corrected chi connectivity index (χ2v) is 8.49. The van der Waals surface area contributed by atoms with E-state index >= 15 is 0 Å². The number of aromatic nitrogens is 3. The highest BCUT2D eigenvalue weighted by atomic mass is 16.5. The van der Waals surface area contributed by atoms with Crippen molar-refractivity contribution in [2.75, 3.05) is 20.8 Å². The summed E-state index contributed by atoms with van der Waals surface area (Å²) in [5.41, 5.74) is 5.12. The third-order valence-corrected chi connectivity index (χ3v) is 6.65. The lowest BCUT2D eigenvalue weighted by molar-refractivity contribution is 0.0746. The Labute approximate surface area is 201 Å². The van der Waals surface area contributed by atoms with Gasteiger partial charge in [0.2, 0.25) is 0 Å². The third kappa shape index (κ3) is 3.45. The third-order valence-electron chi connectivity index (χ3n) is 6.65. The number of hydrogen-bond acceptors (Lipinski definition) is 5. The summed E-state index contributed by atoms with van der Waals surface area (Å²) in [4.78, 5) is 18.8. The highest BCUT2D eigenvalue weighted by Gasteiger charge is 2.42. The van der Waals surface area contributed by atoms with E-state index in [2.05, 4.69) is 15.2 Å². The summed E-state index contributed by atoms with van der Waals surface area (Å²) in [6.45, 7) is 0.521. The molecule has 176 valence electrons. The van der Waals surface area contributed by atoms with E-state index in [0.29, 0.717) is 24.4 Å². The number of aromatic amines is 2. The molecule has 1 atom stereocenters. The Hall–Kier alpha value is -4.46. The number of rotatable bonds is 7. The van der Waals surface area contributed by atoms with E-state index in [-0.39, 0.29) is 11.9 Å². The predicted molar refractivity (Wildman–Crippen MR) is 131 cm³/mol. The second kappa shape index (κ2) is 8.39. The number of amides is 1. The standard InChI is InChI=1S/C27H24N4O4/c1-33-18-7-5-16(6-8-18)26-23-24(22-4-3-13-35-22)29-30-25(23)27(32)31(26)12-11-17-15-28-21-10-9-19(34-2)14-20(17)21/h3-10,13-15,26,28H,11-12H2,1-2H3,(H,29,30). The lowest BCUT2D eigenvalue weighted by Gasteiger charge is -2.26. The van der Waals surface area contributed by atoms with E-state index in [1.807, 2.05) is 65.7 Å². The maximum Gasteiger partial charge on any atom is 0.275 e. The number of H-pyrrole nitrogens is 2. The molecule has 3 aromatic heterocycles. The van der Waals surface area contributed by atoms with Gasteiger partial charge in [0.15, 0.2) is 11.5 Å². The zero-order valence-corrected chi connectivity index (χ0v) is 19.4. The van der Waals surface area contributed by atoms with E-state index < -0.39 is 0 Å². The van der Waals surface area contributed by atoms with Crippen molar-refractivity contribution in [2.24, 2.45) is 0 Å². The Morgan fingerprint density at radius 2 is 1.86 bits per heavy atom. The normalized spacial score (nSPS) is 15.1. The molecule has 8 heteroatoms. The lowest BCUT2D eigenvalue weighted by Crippen LogP contribution is -2.31. The summed E-state index contributed by atoms with van der Waals surface area (Å²) in [5.74, 6) is 2.11. The van der Waals surface area contributed by atoms with Gasteiger partial charge in [-0.15, -0.1) is 0 Å². The number of carbonyl (C=O) groups excluding carboxylic acids is 1. The van der Waals surface area contributed by atoms with Crippen LogP contribution in [0, 0.1) is 0 Å². The van der Waals surface area contributed by atoms with Crippen LogP contribution >= 0.6 is 0 Å². The zero-order valence-electron chi connectivity index (χ0n) is 19.4. The zero-order chi connectivity index (χ0) is 23.9. The number of fused-ring (bicyclic) bond motifs is 2. The Morgan fingerprint density at radius 1 is 1.06 bits per heavy atom. The predicted octanol–water partition coefficient (Wildman–Crippen LogP) is 4.96. The summed E-state index contributed by atoms with van der Waals surface area (Å²) in [6, 6.07) is 17.2. The van der Waals surface area contributed by atoms with E-state index in [9.17, 15) is 4.79 Å². The number of nitrogens with one attached hydrogen (secondary N) is 2. The van der Waals surface area contributed by atoms with Gasteiger partial charge in [-0.2, -0.15) is 5.10 Å². The molecular weight excluding hydrogens is 444 g/mol. The molecule has 0 spiro atoms. The van der Waals surface area contributed by atoms with Gasteiger partial charge in [-0.25, -0.2) is 0 Å². The first-order valence-electron chi connectivity index (χ1n) is 11.4. The number of ether oxygens (including phenoxy) is 2. The van der Waals surface area contributed by atoms with Crippen molar-refractivity contribution in [1.82, 2.24) is 20.1 Å². The second-order valence-electron chi connectivity index (χ2n) is 8.49. The lowest BCUT2D eigenvalue weighted by atomic mass is 9.97. The van der Waals surface area contributed by atoms with Crippen LogP contribution in [-0.4, -0.2) is 46.8 Å². The van der Waals surface area contributed by atoms with Crippen molar-refractivity contribution in [3.63, 3.8) is 0 Å². The monoisotopic (exact) mass is 468 g/mol. The molecule has 0 bridgehead atoms. The average molecular weight is 469 g/mol. The van der Waals surface area contributed by atoms with Gasteiger partial charge in [0.1, 0.15) is 17.2 Å². The fourth-order valence-corrected chi connectivity index (χ4v) is 4.89. The number of carbonyl (C=O) groups is 1. The summed E-state index contributed by atoms with van der Waals surface area (Å²) in [7, 11) is 3.30. The van der Waals surface area contributed by atoms with Crippen molar-refractivity contribution in [3.05, 3.63) is 89.4 Å². The number of methoxy groups -OCH3 is 2. The Bertz CT molecular complexity index is 1500. The quantitative estimate of drug-likeness (QED) is 0.352. The summed E-state index contributed by atoms with van der Waals surface area (Å²) in [6.07, 6.45) is 4.29. The van der Waals surface area contributed by atoms with Crippen LogP contribution in [0.4, 0.5) is 0 Å². The Balaban J connectivity index is 1.38. The molecule has 0 saturated heterocycles. The number of nitrogens with zero attached hydrogens (tertiary/aromatic N) is 2. The molecule has 6 rings (SSSR count). The van der Waals surface area contributed by atoms with Gasteiger partial charge in [0.25, 0.3) is 5.91 Å². The van der Waals surface area contributed by atoms with E-state index in [4.69, 9.17) is 13.9 Å². The molecule has 5 aromatic rings. The number of hydrogen-bond donors (Lipinski definition) is 2. The van der Waals surface area contributed by atoms with Gasteiger partial charge in [0, 0.05) is 29.2 Å². The van der Waals surface area contributed by atoms with Gasteiger partial charge in [-0.3, -0.25) is 9.89 Å². The largest absolute Gasteiger partial charge is 0.497 e. The Morgan fingerprint density at radius 3 is 2.60 bits per heavy atom. The van der Waals surface area contributed by atoms with Crippen molar-refractivity contribution in [2.45, 2.75) is 12.5 Å². The smallest absolute Gasteiger partial charge is 0.275 e. The molecule has 2 N–H and O–H groups in total. The van der Waals surface area contributed by atoms with Crippen LogP contribution in [0.1, 0.15) is 33.2 Å². The molecule has 35 heavy (non-hydrogen) atoms. The van der Waals surface area contributed by atoms with Gasteiger partial charge in [0.05, 0.1) is 26.5 Å². The molecule has 1 amide bonds. The molecule has 2 aromatic carbocycles. The average Bonchev–Trinajstić information content (AvgIpc) is 3.68. The number of benzene rings is 2. The molecule has 1 aliphatic heterocycles. The maximum absolute atomic E-state index is 13.6.